The first kappa shape index (κ1) is 22.7. The molecule has 0 unspecified atom stereocenters. The Morgan fingerprint density at radius 2 is 1.97 bits per heavy atom. The molecule has 0 bridgehead atoms. The number of aliphatic hydroxyl groups excluding tert-OH is 1. The van der Waals surface area contributed by atoms with Crippen molar-refractivity contribution in [2.75, 3.05) is 6.61 Å². The summed E-state index contributed by atoms with van der Waals surface area (Å²) in [7, 11) is 0. The molecule has 0 radical (unpaired) electrons. The van der Waals surface area contributed by atoms with Crippen LogP contribution in [0.15, 0.2) is 22.8 Å². The minimum atomic E-state index is -1.27. The van der Waals surface area contributed by atoms with E-state index in [1.807, 2.05) is 13.8 Å². The Balaban J connectivity index is 2.18. The number of hydrogen-bond donors (Lipinski definition) is 1. The summed E-state index contributed by atoms with van der Waals surface area (Å²) in [6.45, 7) is 6.06. The highest BCUT2D eigenvalue weighted by molar-refractivity contribution is 6.25. The van der Waals surface area contributed by atoms with Crippen LogP contribution in [0.25, 0.3) is 0 Å². The smallest absolute Gasteiger partial charge is 0.293 e. The van der Waals surface area contributed by atoms with Crippen molar-refractivity contribution in [3.8, 4) is 0 Å². The molecule has 0 amide bonds. The van der Waals surface area contributed by atoms with Gasteiger partial charge in [-0.3, -0.25) is 19.2 Å². The third-order valence-electron chi connectivity index (χ3n) is 6.93. The summed E-state index contributed by atoms with van der Waals surface area (Å²) < 4.78 is 10.3. The van der Waals surface area contributed by atoms with Crippen LogP contribution in [0.1, 0.15) is 46.5 Å². The molecule has 0 aromatic carbocycles. The third kappa shape index (κ3) is 3.52. The SMILES string of the molecule is C[C@H](Cl)CC1=CC(=O)C2=C(C1=O)[C@H](OC=O)[C@@H](O)[C@H]1[C@@](C)(COC=O)CCC[C@]21C. The van der Waals surface area contributed by atoms with Gasteiger partial charge in [0.15, 0.2) is 17.7 Å². The van der Waals surface area contributed by atoms with E-state index in [0.29, 0.717) is 19.3 Å². The Morgan fingerprint density at radius 1 is 1.27 bits per heavy atom. The molecule has 30 heavy (non-hydrogen) atoms. The van der Waals surface area contributed by atoms with Gasteiger partial charge in [-0.15, -0.1) is 11.6 Å². The highest BCUT2D eigenvalue weighted by Gasteiger charge is 2.62. The number of Topliss-reactive ketones (excluding diaryl/α,β-unsaturated/α-hetero) is 1. The third-order valence-corrected chi connectivity index (χ3v) is 7.08. The van der Waals surface area contributed by atoms with Gasteiger partial charge in [0.25, 0.3) is 12.9 Å². The molecule has 0 aromatic rings. The van der Waals surface area contributed by atoms with Crippen LogP contribution >= 0.6 is 11.6 Å². The molecule has 0 aromatic heterocycles. The molecule has 0 aliphatic heterocycles. The summed E-state index contributed by atoms with van der Waals surface area (Å²) in [4.78, 5) is 48.7. The summed E-state index contributed by atoms with van der Waals surface area (Å²) in [6, 6.07) is 0. The number of carbonyl (C=O) groups excluding carboxylic acids is 4. The van der Waals surface area contributed by atoms with Crippen molar-refractivity contribution in [1.82, 2.24) is 0 Å². The molecular formula is C22H27ClO7. The first-order valence-corrected chi connectivity index (χ1v) is 10.5. The number of rotatable bonds is 7. The van der Waals surface area contributed by atoms with Gasteiger partial charge in [-0.1, -0.05) is 20.3 Å². The van der Waals surface area contributed by atoms with Gasteiger partial charge in [-0.05, 0) is 32.3 Å². The minimum Gasteiger partial charge on any atom is -0.467 e. The van der Waals surface area contributed by atoms with Crippen LogP contribution in [0.4, 0.5) is 0 Å². The molecule has 164 valence electrons. The molecule has 0 spiro atoms. The molecule has 3 aliphatic rings. The van der Waals surface area contributed by atoms with Crippen molar-refractivity contribution in [3.63, 3.8) is 0 Å². The second kappa shape index (κ2) is 8.27. The van der Waals surface area contributed by atoms with Gasteiger partial charge in [0.2, 0.25) is 0 Å². The zero-order chi connectivity index (χ0) is 22.3. The summed E-state index contributed by atoms with van der Waals surface area (Å²) in [6.07, 6.45) is 0.974. The molecule has 0 heterocycles. The quantitative estimate of drug-likeness (QED) is 0.369. The maximum absolute atomic E-state index is 13.3. The van der Waals surface area contributed by atoms with E-state index in [9.17, 15) is 24.3 Å². The van der Waals surface area contributed by atoms with Crippen LogP contribution in [-0.4, -0.2) is 53.8 Å². The number of hydrogen-bond acceptors (Lipinski definition) is 7. The van der Waals surface area contributed by atoms with E-state index in [4.69, 9.17) is 21.1 Å². The Hall–Kier alpha value is -1.99. The molecule has 1 N–H and O–H groups in total. The second-order valence-electron chi connectivity index (χ2n) is 9.09. The van der Waals surface area contributed by atoms with Gasteiger partial charge in [0.05, 0.1) is 18.3 Å². The first-order chi connectivity index (χ1) is 14.1. The summed E-state index contributed by atoms with van der Waals surface area (Å²) in [5, 5.41) is 11.0. The molecule has 1 fully saturated rings. The first-order valence-electron chi connectivity index (χ1n) is 10.1. The summed E-state index contributed by atoms with van der Waals surface area (Å²) >= 11 is 6.05. The number of allylic oxidation sites excluding steroid dienone is 3. The zero-order valence-corrected chi connectivity index (χ0v) is 18.1. The van der Waals surface area contributed by atoms with E-state index in [1.165, 1.54) is 6.08 Å². The van der Waals surface area contributed by atoms with Crippen molar-refractivity contribution < 1.29 is 33.8 Å². The fourth-order valence-electron chi connectivity index (χ4n) is 5.98. The van der Waals surface area contributed by atoms with Crippen LogP contribution in [0.5, 0.6) is 0 Å². The minimum absolute atomic E-state index is 0.0497. The lowest BCUT2D eigenvalue weighted by Gasteiger charge is -2.58. The number of alkyl halides is 1. The largest absolute Gasteiger partial charge is 0.467 e. The standard InChI is InChI=1S/C22H27ClO7/c1-12(23)7-13-8-14(26)16-15(17(13)27)19(30-11-25)18(28)20-21(2,9-29-10-24)5-4-6-22(16,20)3/h8,10-12,18-20,28H,4-7,9H2,1-3H3/t12-,18+,19-,20-,21+,22+/m0/s1. The molecule has 6 atom stereocenters. The van der Waals surface area contributed by atoms with Crippen LogP contribution in [0, 0.1) is 16.7 Å². The monoisotopic (exact) mass is 438 g/mol. The lowest BCUT2D eigenvalue weighted by Crippen LogP contribution is -2.61. The molecule has 1 saturated carbocycles. The van der Waals surface area contributed by atoms with Crippen LogP contribution in [0.2, 0.25) is 0 Å². The number of aliphatic hydroxyl groups is 1. The van der Waals surface area contributed by atoms with Gasteiger partial charge in [0, 0.05) is 33.3 Å². The zero-order valence-electron chi connectivity index (χ0n) is 17.4. The van der Waals surface area contributed by atoms with Gasteiger partial charge < -0.3 is 14.6 Å². The number of ether oxygens (including phenoxy) is 2. The number of carbonyl (C=O) groups is 4. The Labute approximate surface area is 180 Å². The van der Waals surface area contributed by atoms with E-state index in [1.54, 1.807) is 6.92 Å². The van der Waals surface area contributed by atoms with E-state index in [-0.39, 0.29) is 47.4 Å². The number of halogens is 1. The fraction of sp³-hybridized carbons (Fsp3) is 0.636. The Kier molecular flexibility index (Phi) is 6.25. The van der Waals surface area contributed by atoms with E-state index in [0.717, 1.165) is 6.42 Å². The van der Waals surface area contributed by atoms with Crippen molar-refractivity contribution in [3.05, 3.63) is 22.8 Å². The van der Waals surface area contributed by atoms with Gasteiger partial charge in [-0.25, -0.2) is 0 Å². The highest BCUT2D eigenvalue weighted by atomic mass is 35.5. The normalized spacial score (nSPS) is 37.0. The van der Waals surface area contributed by atoms with Crippen LogP contribution in [0.3, 0.4) is 0 Å². The van der Waals surface area contributed by atoms with Gasteiger partial charge in [-0.2, -0.15) is 0 Å². The Bertz CT molecular complexity index is 829. The van der Waals surface area contributed by atoms with Gasteiger partial charge in [0.1, 0.15) is 0 Å². The summed E-state index contributed by atoms with van der Waals surface area (Å²) in [5.74, 6) is -1.29. The lowest BCUT2D eigenvalue weighted by atomic mass is 9.47. The maximum atomic E-state index is 13.3. The van der Waals surface area contributed by atoms with Crippen molar-refractivity contribution >= 4 is 36.1 Å². The molecule has 3 rings (SSSR count). The number of ketones is 2. The van der Waals surface area contributed by atoms with Crippen LogP contribution in [-0.2, 0) is 28.7 Å². The van der Waals surface area contributed by atoms with Crippen molar-refractivity contribution in [1.29, 1.82) is 0 Å². The fourth-order valence-corrected chi connectivity index (χ4v) is 6.15. The van der Waals surface area contributed by atoms with Crippen molar-refractivity contribution in [2.45, 2.75) is 64.0 Å². The number of fused-ring (bicyclic) bond motifs is 2. The van der Waals surface area contributed by atoms with Crippen LogP contribution < -0.4 is 0 Å². The lowest BCUT2D eigenvalue weighted by molar-refractivity contribution is -0.167. The topological polar surface area (TPSA) is 107 Å². The predicted octanol–water partition coefficient (Wildman–Crippen LogP) is 2.28. The van der Waals surface area contributed by atoms with E-state index < -0.39 is 34.7 Å². The summed E-state index contributed by atoms with van der Waals surface area (Å²) in [5.41, 5.74) is -0.906. The van der Waals surface area contributed by atoms with Gasteiger partial charge >= 0.3 is 0 Å². The average molecular weight is 439 g/mol. The molecule has 7 nitrogen and oxygen atoms in total. The second-order valence-corrected chi connectivity index (χ2v) is 9.84. The molecule has 0 saturated heterocycles. The van der Waals surface area contributed by atoms with E-state index >= 15 is 0 Å². The maximum Gasteiger partial charge on any atom is 0.293 e. The predicted molar refractivity (Wildman–Crippen MR) is 108 cm³/mol. The average Bonchev–Trinajstić information content (AvgIpc) is 2.65. The van der Waals surface area contributed by atoms with E-state index in [2.05, 4.69) is 0 Å². The van der Waals surface area contributed by atoms with Crippen molar-refractivity contribution in [2.24, 2.45) is 16.7 Å². The molecule has 3 aliphatic carbocycles. The Morgan fingerprint density at radius 3 is 2.57 bits per heavy atom. The molecule has 8 heteroatoms. The molecular weight excluding hydrogens is 412 g/mol. The highest BCUT2D eigenvalue weighted by Crippen LogP contribution is 2.61.